The van der Waals surface area contributed by atoms with Gasteiger partial charge in [-0.05, 0) is 37.1 Å². The van der Waals surface area contributed by atoms with Crippen LogP contribution in [0.15, 0.2) is 121 Å². The van der Waals surface area contributed by atoms with Crippen LogP contribution in [0.2, 0.25) is 0 Å². The van der Waals surface area contributed by atoms with Crippen molar-refractivity contribution in [3.63, 3.8) is 0 Å². The SMILES string of the molecule is CC(C)(P(c1ccccc1)c1ccccc1)P(c1ccccc1)c1ccccc1.[Sm]. The Morgan fingerprint density at radius 3 is 0.800 bits per heavy atom. The van der Waals surface area contributed by atoms with Crippen LogP contribution < -0.4 is 21.2 Å². The summed E-state index contributed by atoms with van der Waals surface area (Å²) in [6.07, 6.45) is 0. The van der Waals surface area contributed by atoms with Crippen molar-refractivity contribution in [1.82, 2.24) is 0 Å². The summed E-state index contributed by atoms with van der Waals surface area (Å²) in [5.41, 5.74) is 0. The molecule has 0 heterocycles. The van der Waals surface area contributed by atoms with E-state index in [1.807, 2.05) is 0 Å². The molecular weight excluding hydrogens is 537 g/mol. The van der Waals surface area contributed by atoms with Gasteiger partial charge in [0.25, 0.3) is 0 Å². The van der Waals surface area contributed by atoms with Crippen LogP contribution in [0.5, 0.6) is 0 Å². The van der Waals surface area contributed by atoms with E-state index in [0.717, 1.165) is 0 Å². The molecule has 0 N–H and O–H groups in total. The van der Waals surface area contributed by atoms with E-state index in [4.69, 9.17) is 0 Å². The van der Waals surface area contributed by atoms with Gasteiger partial charge in [-0.1, -0.05) is 135 Å². The van der Waals surface area contributed by atoms with E-state index < -0.39 is 15.8 Å². The first-order valence-electron chi connectivity index (χ1n) is 9.98. The summed E-state index contributed by atoms with van der Waals surface area (Å²) in [7, 11) is -1.10. The average Bonchev–Trinajstić information content (AvgIpc) is 2.77. The molecule has 0 bridgehead atoms. The van der Waals surface area contributed by atoms with E-state index >= 15 is 0 Å². The second kappa shape index (κ2) is 11.1. The largest absolute Gasteiger partial charge is 0.0622 e. The Hall–Kier alpha value is -0.922. The first-order valence-corrected chi connectivity index (χ1v) is 12.7. The maximum absolute atomic E-state index is 2.48. The van der Waals surface area contributed by atoms with Gasteiger partial charge in [0.05, 0.1) is 0 Å². The summed E-state index contributed by atoms with van der Waals surface area (Å²) in [5.74, 6) is 0. The van der Waals surface area contributed by atoms with Crippen LogP contribution in [-0.4, -0.2) is 4.90 Å². The molecule has 0 unspecified atom stereocenters. The van der Waals surface area contributed by atoms with E-state index in [0.29, 0.717) is 0 Å². The number of hydrogen-bond acceptors (Lipinski definition) is 0. The molecule has 0 spiro atoms. The fraction of sp³-hybridized carbons (Fsp3) is 0.111. The molecule has 0 aliphatic rings. The molecule has 150 valence electrons. The van der Waals surface area contributed by atoms with Gasteiger partial charge in [-0.15, -0.1) is 0 Å². The zero-order valence-electron chi connectivity index (χ0n) is 17.3. The molecule has 0 aromatic heterocycles. The van der Waals surface area contributed by atoms with Gasteiger partial charge in [0.15, 0.2) is 0 Å². The summed E-state index contributed by atoms with van der Waals surface area (Å²) >= 11 is 0. The van der Waals surface area contributed by atoms with E-state index in [1.54, 1.807) is 0 Å². The van der Waals surface area contributed by atoms with Crippen molar-refractivity contribution in [3.05, 3.63) is 121 Å². The molecule has 4 aromatic rings. The van der Waals surface area contributed by atoms with E-state index in [1.165, 1.54) is 21.2 Å². The zero-order valence-corrected chi connectivity index (χ0v) is 21.8. The third-order valence-electron chi connectivity index (χ3n) is 5.15. The molecule has 0 saturated heterocycles. The van der Waals surface area contributed by atoms with E-state index in [9.17, 15) is 0 Å². The standard InChI is InChI=1S/C27H26P2.Sm/c1-27(2,28(23-15-7-3-8-16-23)24-17-9-4-10-18-24)29(25-19-11-5-12-20-25)26-21-13-6-14-22-26;/h3-22H,1-2H3;. The topological polar surface area (TPSA) is 0 Å². The van der Waals surface area contributed by atoms with Gasteiger partial charge in [-0.2, -0.15) is 0 Å². The summed E-state index contributed by atoms with van der Waals surface area (Å²) in [6.45, 7) is 4.95. The molecule has 0 saturated carbocycles. The van der Waals surface area contributed by atoms with Gasteiger partial charge >= 0.3 is 0 Å². The minimum Gasteiger partial charge on any atom is -0.0622 e. The van der Waals surface area contributed by atoms with Gasteiger partial charge < -0.3 is 0 Å². The van der Waals surface area contributed by atoms with Gasteiger partial charge in [-0.25, -0.2) is 0 Å². The molecule has 0 nitrogen and oxygen atoms in total. The smallest absolute Gasteiger partial charge is 0.0210 e. The molecule has 30 heavy (non-hydrogen) atoms. The Balaban J connectivity index is 0.00000256. The van der Waals surface area contributed by atoms with Gasteiger partial charge in [0.1, 0.15) is 0 Å². The average molecular weight is 563 g/mol. The molecular formula is C27H26P2Sm. The van der Waals surface area contributed by atoms with Gasteiger partial charge in [-0.3, -0.25) is 0 Å². The third kappa shape index (κ3) is 5.28. The first-order chi connectivity index (χ1) is 14.2. The molecule has 0 aliphatic carbocycles. The summed E-state index contributed by atoms with van der Waals surface area (Å²) in [5, 5.41) is 5.77. The second-order valence-electron chi connectivity index (χ2n) is 7.51. The molecule has 4 rings (SSSR count). The maximum Gasteiger partial charge on any atom is 0.0210 e. The Kier molecular flexibility index (Phi) is 8.78. The Morgan fingerprint density at radius 2 is 0.600 bits per heavy atom. The van der Waals surface area contributed by atoms with Crippen molar-refractivity contribution >= 4 is 37.1 Å². The number of benzene rings is 4. The summed E-state index contributed by atoms with van der Waals surface area (Å²) in [4.78, 5) is 0.0794. The Morgan fingerprint density at radius 1 is 0.400 bits per heavy atom. The Bertz CT molecular complexity index is 855. The monoisotopic (exact) mass is 564 g/mol. The van der Waals surface area contributed by atoms with E-state index in [-0.39, 0.29) is 45.3 Å². The second-order valence-corrected chi connectivity index (χ2v) is 13.5. The van der Waals surface area contributed by atoms with Crippen molar-refractivity contribution < 1.29 is 40.4 Å². The number of rotatable bonds is 6. The molecule has 0 amide bonds. The molecule has 0 aliphatic heterocycles. The van der Waals surface area contributed by atoms with Crippen molar-refractivity contribution in [2.75, 3.05) is 0 Å². The summed E-state index contributed by atoms with van der Waals surface area (Å²) < 4.78 is 0. The van der Waals surface area contributed by atoms with E-state index in [2.05, 4.69) is 135 Å². The minimum atomic E-state index is -0.552. The summed E-state index contributed by atoms with van der Waals surface area (Å²) in [6, 6.07) is 44.4. The fourth-order valence-electron chi connectivity index (χ4n) is 3.97. The predicted molar refractivity (Wildman–Crippen MR) is 132 cm³/mol. The molecule has 0 atom stereocenters. The fourth-order valence-corrected chi connectivity index (χ4v) is 11.2. The predicted octanol–water partition coefficient (Wildman–Crippen LogP) is 5.99. The van der Waals surface area contributed by atoms with Crippen LogP contribution in [0, 0.1) is 40.4 Å². The third-order valence-corrected chi connectivity index (χ3v) is 11.8. The molecule has 4 aromatic carbocycles. The van der Waals surface area contributed by atoms with Gasteiger partial charge in [0, 0.05) is 45.3 Å². The van der Waals surface area contributed by atoms with Crippen molar-refractivity contribution in [1.29, 1.82) is 0 Å². The van der Waals surface area contributed by atoms with Crippen LogP contribution in [-0.2, 0) is 0 Å². The normalized spacial score (nSPS) is 11.3. The van der Waals surface area contributed by atoms with Gasteiger partial charge in [0.2, 0.25) is 0 Å². The maximum atomic E-state index is 2.48. The first kappa shape index (κ1) is 23.7. The van der Waals surface area contributed by atoms with Crippen LogP contribution in [0.1, 0.15) is 13.8 Å². The Labute approximate surface area is 215 Å². The zero-order chi connectivity index (χ0) is 20.1. The molecule has 3 heteroatoms. The van der Waals surface area contributed by atoms with Crippen LogP contribution >= 0.6 is 15.8 Å². The minimum absolute atomic E-state index is 0. The number of hydrogen-bond donors (Lipinski definition) is 0. The quantitative estimate of drug-likeness (QED) is 0.253. The van der Waals surface area contributed by atoms with Crippen molar-refractivity contribution in [3.8, 4) is 0 Å². The van der Waals surface area contributed by atoms with Crippen LogP contribution in [0.4, 0.5) is 0 Å². The van der Waals surface area contributed by atoms with Crippen LogP contribution in [0.25, 0.3) is 0 Å². The van der Waals surface area contributed by atoms with Crippen molar-refractivity contribution in [2.24, 2.45) is 0 Å². The molecule has 0 fully saturated rings. The van der Waals surface area contributed by atoms with Crippen LogP contribution in [0.3, 0.4) is 0 Å². The van der Waals surface area contributed by atoms with Crippen molar-refractivity contribution in [2.45, 2.75) is 18.7 Å². The molecule has 0 radical (unpaired) electrons.